The SMILES string of the molecule is Cc1ccc(N(C)C(=O)CCO)cc1F. The monoisotopic (exact) mass is 211 g/mol. The molecule has 1 amide bonds. The van der Waals surface area contributed by atoms with Crippen LogP contribution in [0.15, 0.2) is 18.2 Å². The lowest BCUT2D eigenvalue weighted by Crippen LogP contribution is -2.26. The van der Waals surface area contributed by atoms with Gasteiger partial charge in [-0.15, -0.1) is 0 Å². The molecule has 0 aromatic heterocycles. The van der Waals surface area contributed by atoms with Gasteiger partial charge in [0.05, 0.1) is 13.0 Å². The molecule has 0 aliphatic rings. The van der Waals surface area contributed by atoms with Gasteiger partial charge in [-0.25, -0.2) is 4.39 Å². The van der Waals surface area contributed by atoms with Crippen molar-refractivity contribution in [2.24, 2.45) is 0 Å². The third kappa shape index (κ3) is 2.76. The summed E-state index contributed by atoms with van der Waals surface area (Å²) in [6.07, 6.45) is 0.0476. The molecular weight excluding hydrogens is 197 g/mol. The van der Waals surface area contributed by atoms with Crippen molar-refractivity contribution < 1.29 is 14.3 Å². The van der Waals surface area contributed by atoms with Crippen molar-refractivity contribution in [2.45, 2.75) is 13.3 Å². The van der Waals surface area contributed by atoms with Crippen molar-refractivity contribution in [2.75, 3.05) is 18.6 Å². The summed E-state index contributed by atoms with van der Waals surface area (Å²) in [6, 6.07) is 4.60. The molecule has 1 aromatic rings. The van der Waals surface area contributed by atoms with Crippen LogP contribution in [0, 0.1) is 12.7 Å². The van der Waals surface area contributed by atoms with Crippen molar-refractivity contribution in [3.63, 3.8) is 0 Å². The maximum atomic E-state index is 13.2. The zero-order chi connectivity index (χ0) is 11.4. The van der Waals surface area contributed by atoms with Crippen LogP contribution >= 0.6 is 0 Å². The Balaban J connectivity index is 2.86. The van der Waals surface area contributed by atoms with E-state index in [4.69, 9.17) is 5.11 Å². The number of anilines is 1. The number of aryl methyl sites for hydroxylation is 1. The summed E-state index contributed by atoms with van der Waals surface area (Å²) in [5, 5.41) is 8.61. The van der Waals surface area contributed by atoms with Gasteiger partial charge in [0, 0.05) is 12.7 Å². The smallest absolute Gasteiger partial charge is 0.229 e. The Morgan fingerprint density at radius 2 is 2.20 bits per heavy atom. The predicted octanol–water partition coefficient (Wildman–Crippen LogP) is 1.48. The van der Waals surface area contributed by atoms with E-state index in [1.165, 1.54) is 11.0 Å². The van der Waals surface area contributed by atoms with Gasteiger partial charge in [-0.1, -0.05) is 6.07 Å². The maximum Gasteiger partial charge on any atom is 0.229 e. The van der Waals surface area contributed by atoms with E-state index in [0.717, 1.165) is 0 Å². The van der Waals surface area contributed by atoms with E-state index in [-0.39, 0.29) is 24.8 Å². The number of hydrogen-bond acceptors (Lipinski definition) is 2. The molecule has 1 aromatic carbocycles. The van der Waals surface area contributed by atoms with E-state index in [1.807, 2.05) is 0 Å². The van der Waals surface area contributed by atoms with Crippen molar-refractivity contribution in [3.8, 4) is 0 Å². The Hall–Kier alpha value is -1.42. The molecule has 0 fully saturated rings. The quantitative estimate of drug-likeness (QED) is 0.822. The second-order valence-electron chi connectivity index (χ2n) is 3.36. The molecule has 0 bridgehead atoms. The fraction of sp³-hybridized carbons (Fsp3) is 0.364. The number of amides is 1. The lowest BCUT2D eigenvalue weighted by atomic mass is 10.2. The van der Waals surface area contributed by atoms with Gasteiger partial charge >= 0.3 is 0 Å². The number of halogens is 1. The second kappa shape index (κ2) is 4.89. The van der Waals surface area contributed by atoms with Crippen LogP contribution in [-0.2, 0) is 4.79 Å². The van der Waals surface area contributed by atoms with Gasteiger partial charge in [-0.05, 0) is 24.6 Å². The summed E-state index contributed by atoms with van der Waals surface area (Å²) in [5.41, 5.74) is 1.04. The Morgan fingerprint density at radius 3 is 2.73 bits per heavy atom. The van der Waals surface area contributed by atoms with Crippen LogP contribution in [0.5, 0.6) is 0 Å². The van der Waals surface area contributed by atoms with Gasteiger partial charge in [0.15, 0.2) is 0 Å². The molecular formula is C11H14FNO2. The topological polar surface area (TPSA) is 40.5 Å². The van der Waals surface area contributed by atoms with Gasteiger partial charge in [-0.2, -0.15) is 0 Å². The second-order valence-corrected chi connectivity index (χ2v) is 3.36. The van der Waals surface area contributed by atoms with Crippen molar-refractivity contribution >= 4 is 11.6 Å². The van der Waals surface area contributed by atoms with Gasteiger partial charge in [0.25, 0.3) is 0 Å². The van der Waals surface area contributed by atoms with Crippen LogP contribution in [0.2, 0.25) is 0 Å². The van der Waals surface area contributed by atoms with E-state index in [2.05, 4.69) is 0 Å². The molecule has 0 spiro atoms. The van der Waals surface area contributed by atoms with E-state index in [9.17, 15) is 9.18 Å². The van der Waals surface area contributed by atoms with Crippen molar-refractivity contribution in [1.82, 2.24) is 0 Å². The molecule has 1 N–H and O–H groups in total. The molecule has 3 nitrogen and oxygen atoms in total. The molecule has 15 heavy (non-hydrogen) atoms. The van der Waals surface area contributed by atoms with Crippen LogP contribution in [0.1, 0.15) is 12.0 Å². The summed E-state index contributed by atoms with van der Waals surface area (Å²) in [6.45, 7) is 1.46. The minimum Gasteiger partial charge on any atom is -0.396 e. The maximum absolute atomic E-state index is 13.2. The molecule has 0 aliphatic carbocycles. The number of hydrogen-bond donors (Lipinski definition) is 1. The first kappa shape index (κ1) is 11.7. The first-order chi connectivity index (χ1) is 7.06. The summed E-state index contributed by atoms with van der Waals surface area (Å²) >= 11 is 0. The van der Waals surface area contributed by atoms with E-state index in [0.29, 0.717) is 11.3 Å². The molecule has 4 heteroatoms. The van der Waals surface area contributed by atoms with Crippen LogP contribution in [-0.4, -0.2) is 24.7 Å². The fourth-order valence-corrected chi connectivity index (χ4v) is 1.20. The van der Waals surface area contributed by atoms with E-state index >= 15 is 0 Å². The Kier molecular flexibility index (Phi) is 3.80. The van der Waals surface area contributed by atoms with E-state index < -0.39 is 0 Å². The van der Waals surface area contributed by atoms with Gasteiger partial charge < -0.3 is 10.0 Å². The zero-order valence-corrected chi connectivity index (χ0v) is 8.83. The van der Waals surface area contributed by atoms with Crippen LogP contribution in [0.4, 0.5) is 10.1 Å². The Morgan fingerprint density at radius 1 is 1.53 bits per heavy atom. The third-order valence-electron chi connectivity index (χ3n) is 2.24. The number of rotatable bonds is 3. The third-order valence-corrected chi connectivity index (χ3v) is 2.24. The molecule has 0 saturated carbocycles. The summed E-state index contributed by atoms with van der Waals surface area (Å²) in [4.78, 5) is 12.7. The summed E-state index contributed by atoms with van der Waals surface area (Å²) in [7, 11) is 1.56. The molecule has 82 valence electrons. The highest BCUT2D eigenvalue weighted by Gasteiger charge is 2.11. The average molecular weight is 211 g/mol. The molecule has 0 saturated heterocycles. The first-order valence-electron chi connectivity index (χ1n) is 4.70. The highest BCUT2D eigenvalue weighted by molar-refractivity contribution is 5.92. The summed E-state index contributed by atoms with van der Waals surface area (Å²) in [5.74, 6) is -0.572. The normalized spacial score (nSPS) is 10.1. The number of aliphatic hydroxyl groups excluding tert-OH is 1. The number of aliphatic hydroxyl groups is 1. The van der Waals surface area contributed by atoms with Crippen molar-refractivity contribution in [3.05, 3.63) is 29.6 Å². The van der Waals surface area contributed by atoms with Crippen LogP contribution in [0.25, 0.3) is 0 Å². The zero-order valence-electron chi connectivity index (χ0n) is 8.83. The van der Waals surface area contributed by atoms with E-state index in [1.54, 1.807) is 26.1 Å². The molecule has 0 heterocycles. The number of carbonyl (C=O) groups excluding carboxylic acids is 1. The Bertz CT molecular complexity index is 366. The minimum absolute atomic E-state index is 0.0476. The minimum atomic E-state index is -0.337. The standard InChI is InChI=1S/C11H14FNO2/c1-8-3-4-9(7-10(8)12)13(2)11(15)5-6-14/h3-4,7,14H,5-6H2,1-2H3. The highest BCUT2D eigenvalue weighted by Crippen LogP contribution is 2.17. The number of benzene rings is 1. The lowest BCUT2D eigenvalue weighted by molar-refractivity contribution is -0.118. The Labute approximate surface area is 88.1 Å². The molecule has 0 aliphatic heterocycles. The van der Waals surface area contributed by atoms with Crippen molar-refractivity contribution in [1.29, 1.82) is 0 Å². The highest BCUT2D eigenvalue weighted by atomic mass is 19.1. The van der Waals surface area contributed by atoms with Gasteiger partial charge in [-0.3, -0.25) is 4.79 Å². The molecule has 1 rings (SSSR count). The number of nitrogens with zero attached hydrogens (tertiary/aromatic N) is 1. The fourth-order valence-electron chi connectivity index (χ4n) is 1.20. The first-order valence-corrected chi connectivity index (χ1v) is 4.70. The molecule has 0 atom stereocenters. The van der Waals surface area contributed by atoms with Gasteiger partial charge in [0.1, 0.15) is 5.82 Å². The number of carbonyl (C=O) groups is 1. The average Bonchev–Trinajstić information content (AvgIpc) is 2.21. The largest absolute Gasteiger partial charge is 0.396 e. The van der Waals surface area contributed by atoms with Crippen LogP contribution in [0.3, 0.4) is 0 Å². The predicted molar refractivity (Wildman–Crippen MR) is 56.2 cm³/mol. The summed E-state index contributed by atoms with van der Waals surface area (Å²) < 4.78 is 13.2. The van der Waals surface area contributed by atoms with Gasteiger partial charge in [0.2, 0.25) is 5.91 Å². The lowest BCUT2D eigenvalue weighted by Gasteiger charge is -2.17. The molecule has 0 radical (unpaired) electrons. The molecule has 0 unspecified atom stereocenters. The van der Waals surface area contributed by atoms with Crippen LogP contribution < -0.4 is 4.90 Å².